The Labute approximate surface area is 105 Å². The van der Waals surface area contributed by atoms with Gasteiger partial charge in [-0.1, -0.05) is 0 Å². The first-order chi connectivity index (χ1) is 8.68. The minimum Gasteiger partial charge on any atom is -0.481 e. The zero-order chi connectivity index (χ0) is 13.2. The molecule has 0 saturated heterocycles. The van der Waals surface area contributed by atoms with Gasteiger partial charge < -0.3 is 15.7 Å². The van der Waals surface area contributed by atoms with Gasteiger partial charge >= 0.3 is 12.0 Å². The average molecular weight is 252 g/mol. The SMILES string of the molecule is O=C(O)CCCCNC(=O)NCc1ccncn1. The molecule has 3 N–H and O–H groups in total. The highest BCUT2D eigenvalue weighted by atomic mass is 16.4. The lowest BCUT2D eigenvalue weighted by Crippen LogP contribution is -2.35. The van der Waals surface area contributed by atoms with Crippen LogP contribution in [0.5, 0.6) is 0 Å². The van der Waals surface area contributed by atoms with Crippen LogP contribution in [-0.4, -0.2) is 33.6 Å². The van der Waals surface area contributed by atoms with Crippen LogP contribution in [0.15, 0.2) is 18.6 Å². The van der Waals surface area contributed by atoms with Crippen molar-refractivity contribution in [3.8, 4) is 0 Å². The lowest BCUT2D eigenvalue weighted by Gasteiger charge is -2.06. The van der Waals surface area contributed by atoms with Crippen molar-refractivity contribution < 1.29 is 14.7 Å². The van der Waals surface area contributed by atoms with Gasteiger partial charge in [-0.2, -0.15) is 0 Å². The molecule has 18 heavy (non-hydrogen) atoms. The van der Waals surface area contributed by atoms with Crippen LogP contribution >= 0.6 is 0 Å². The zero-order valence-corrected chi connectivity index (χ0v) is 9.93. The third-order valence-electron chi connectivity index (χ3n) is 2.18. The Bertz CT molecular complexity index is 383. The molecule has 0 aliphatic heterocycles. The molecule has 0 saturated carbocycles. The largest absolute Gasteiger partial charge is 0.481 e. The minimum atomic E-state index is -0.816. The van der Waals surface area contributed by atoms with Crippen LogP contribution in [0.2, 0.25) is 0 Å². The molecule has 7 nitrogen and oxygen atoms in total. The number of amides is 2. The van der Waals surface area contributed by atoms with Gasteiger partial charge in [-0.3, -0.25) is 4.79 Å². The van der Waals surface area contributed by atoms with Crippen molar-refractivity contribution in [2.75, 3.05) is 6.54 Å². The molecule has 1 aromatic heterocycles. The van der Waals surface area contributed by atoms with Crippen LogP contribution in [0.1, 0.15) is 25.0 Å². The predicted molar refractivity (Wildman–Crippen MR) is 63.8 cm³/mol. The van der Waals surface area contributed by atoms with Gasteiger partial charge in [0.05, 0.1) is 12.2 Å². The highest BCUT2D eigenvalue weighted by Crippen LogP contribution is 1.93. The average Bonchev–Trinajstić information content (AvgIpc) is 2.37. The van der Waals surface area contributed by atoms with Crippen LogP contribution in [0.4, 0.5) is 4.79 Å². The first-order valence-corrected chi connectivity index (χ1v) is 5.67. The summed E-state index contributed by atoms with van der Waals surface area (Å²) in [6.07, 6.45) is 4.35. The van der Waals surface area contributed by atoms with E-state index < -0.39 is 5.97 Å². The molecule has 2 amide bonds. The summed E-state index contributed by atoms with van der Waals surface area (Å²) >= 11 is 0. The van der Waals surface area contributed by atoms with Crippen LogP contribution < -0.4 is 10.6 Å². The predicted octanol–water partition coefficient (Wildman–Crippen LogP) is 0.531. The second-order valence-corrected chi connectivity index (χ2v) is 3.66. The van der Waals surface area contributed by atoms with Gasteiger partial charge in [0.2, 0.25) is 0 Å². The Kier molecular flexibility index (Phi) is 6.16. The maximum absolute atomic E-state index is 11.3. The summed E-state index contributed by atoms with van der Waals surface area (Å²) < 4.78 is 0. The number of aliphatic carboxylic acids is 1. The van der Waals surface area contributed by atoms with E-state index in [2.05, 4.69) is 20.6 Å². The maximum Gasteiger partial charge on any atom is 0.315 e. The fourth-order valence-corrected chi connectivity index (χ4v) is 1.26. The van der Waals surface area contributed by atoms with Crippen molar-refractivity contribution in [3.05, 3.63) is 24.3 Å². The number of carboxylic acids is 1. The van der Waals surface area contributed by atoms with Crippen molar-refractivity contribution in [2.45, 2.75) is 25.8 Å². The summed E-state index contributed by atoms with van der Waals surface area (Å²) in [6, 6.07) is 1.43. The molecule has 0 aromatic carbocycles. The molecule has 0 spiro atoms. The van der Waals surface area contributed by atoms with E-state index in [4.69, 9.17) is 5.11 Å². The number of carboxylic acid groups (broad SMARTS) is 1. The normalized spacial score (nSPS) is 9.78. The summed E-state index contributed by atoms with van der Waals surface area (Å²) in [5.41, 5.74) is 0.728. The number of urea groups is 1. The molecule has 0 unspecified atom stereocenters. The van der Waals surface area contributed by atoms with E-state index >= 15 is 0 Å². The molecule has 0 aliphatic carbocycles. The van der Waals surface area contributed by atoms with Crippen molar-refractivity contribution in [2.24, 2.45) is 0 Å². The zero-order valence-electron chi connectivity index (χ0n) is 9.93. The second-order valence-electron chi connectivity index (χ2n) is 3.66. The van der Waals surface area contributed by atoms with Crippen LogP contribution in [0.25, 0.3) is 0 Å². The Morgan fingerprint density at radius 2 is 2.11 bits per heavy atom. The number of rotatable bonds is 7. The van der Waals surface area contributed by atoms with Gasteiger partial charge in [-0.25, -0.2) is 14.8 Å². The number of unbranched alkanes of at least 4 members (excludes halogenated alkanes) is 1. The third-order valence-corrected chi connectivity index (χ3v) is 2.18. The molecule has 1 rings (SSSR count). The second kappa shape index (κ2) is 7.99. The topological polar surface area (TPSA) is 104 Å². The molecule has 1 aromatic rings. The summed E-state index contributed by atoms with van der Waals surface area (Å²) in [5.74, 6) is -0.816. The smallest absolute Gasteiger partial charge is 0.315 e. The minimum absolute atomic E-state index is 0.129. The number of carbonyl (C=O) groups excluding carboxylic acids is 1. The van der Waals surface area contributed by atoms with E-state index in [1.54, 1.807) is 12.3 Å². The summed E-state index contributed by atoms with van der Waals surface area (Å²) in [6.45, 7) is 0.798. The monoisotopic (exact) mass is 252 g/mol. The van der Waals surface area contributed by atoms with Crippen molar-refractivity contribution in [1.82, 2.24) is 20.6 Å². The molecule has 1 heterocycles. The number of hydrogen-bond acceptors (Lipinski definition) is 4. The van der Waals surface area contributed by atoms with Gasteiger partial charge in [-0.15, -0.1) is 0 Å². The third kappa shape index (κ3) is 6.41. The Morgan fingerprint density at radius 3 is 2.78 bits per heavy atom. The van der Waals surface area contributed by atoms with Crippen LogP contribution in [0, 0.1) is 0 Å². The van der Waals surface area contributed by atoms with E-state index in [-0.39, 0.29) is 12.5 Å². The molecule has 0 bridgehead atoms. The summed E-state index contributed by atoms with van der Waals surface area (Å²) in [4.78, 5) is 29.3. The van der Waals surface area contributed by atoms with E-state index in [9.17, 15) is 9.59 Å². The highest BCUT2D eigenvalue weighted by Gasteiger charge is 2.01. The summed E-state index contributed by atoms with van der Waals surface area (Å²) in [5, 5.41) is 13.7. The van der Waals surface area contributed by atoms with Crippen molar-refractivity contribution in [1.29, 1.82) is 0 Å². The lowest BCUT2D eigenvalue weighted by molar-refractivity contribution is -0.137. The van der Waals surface area contributed by atoms with E-state index in [1.165, 1.54) is 6.33 Å². The number of carbonyl (C=O) groups is 2. The van der Waals surface area contributed by atoms with Gasteiger partial charge in [0, 0.05) is 19.2 Å². The van der Waals surface area contributed by atoms with Crippen molar-refractivity contribution in [3.63, 3.8) is 0 Å². The van der Waals surface area contributed by atoms with Gasteiger partial charge in [0.25, 0.3) is 0 Å². The van der Waals surface area contributed by atoms with E-state index in [0.717, 1.165) is 5.69 Å². The fourth-order valence-electron chi connectivity index (χ4n) is 1.26. The number of hydrogen-bond donors (Lipinski definition) is 3. The Morgan fingerprint density at radius 1 is 1.28 bits per heavy atom. The number of nitrogens with zero attached hydrogens (tertiary/aromatic N) is 2. The van der Waals surface area contributed by atoms with E-state index in [1.807, 2.05) is 0 Å². The van der Waals surface area contributed by atoms with E-state index in [0.29, 0.717) is 25.9 Å². The molecule has 98 valence electrons. The molecule has 7 heteroatoms. The molecule has 0 radical (unpaired) electrons. The molecule has 0 aliphatic rings. The molecular weight excluding hydrogens is 236 g/mol. The quantitative estimate of drug-likeness (QED) is 0.614. The van der Waals surface area contributed by atoms with Crippen LogP contribution in [-0.2, 0) is 11.3 Å². The Hall–Kier alpha value is -2.18. The molecular formula is C11H16N4O3. The lowest BCUT2D eigenvalue weighted by atomic mass is 10.2. The number of aromatic nitrogens is 2. The first kappa shape index (κ1) is 13.9. The first-order valence-electron chi connectivity index (χ1n) is 5.67. The highest BCUT2D eigenvalue weighted by molar-refractivity contribution is 5.73. The van der Waals surface area contributed by atoms with Gasteiger partial charge in [0.15, 0.2) is 0 Å². The molecule has 0 atom stereocenters. The van der Waals surface area contributed by atoms with Gasteiger partial charge in [-0.05, 0) is 18.9 Å². The fraction of sp³-hybridized carbons (Fsp3) is 0.455. The molecule has 0 fully saturated rings. The van der Waals surface area contributed by atoms with Crippen molar-refractivity contribution >= 4 is 12.0 Å². The van der Waals surface area contributed by atoms with Gasteiger partial charge in [0.1, 0.15) is 6.33 Å². The van der Waals surface area contributed by atoms with Crippen LogP contribution in [0.3, 0.4) is 0 Å². The standard InChI is InChI=1S/C11H16N4O3/c16-10(17)3-1-2-5-13-11(18)14-7-9-4-6-12-8-15-9/h4,6,8H,1-3,5,7H2,(H,16,17)(H2,13,14,18). The number of nitrogens with one attached hydrogen (secondary N) is 2. The Balaban J connectivity index is 2.06. The maximum atomic E-state index is 11.3. The summed E-state index contributed by atoms with van der Waals surface area (Å²) in [7, 11) is 0.